The summed E-state index contributed by atoms with van der Waals surface area (Å²) in [5.74, 6) is 1.44. The lowest BCUT2D eigenvalue weighted by Gasteiger charge is -2.30. The first-order valence-corrected chi connectivity index (χ1v) is 7.66. The Balaban J connectivity index is 1.39. The molecule has 8 heteroatoms. The maximum atomic E-state index is 12.3. The zero-order chi connectivity index (χ0) is 17.2. The average molecular weight is 342 g/mol. The van der Waals surface area contributed by atoms with Crippen molar-refractivity contribution < 1.29 is 27.9 Å². The van der Waals surface area contributed by atoms with Crippen molar-refractivity contribution in [2.75, 3.05) is 0 Å². The second-order valence-electron chi connectivity index (χ2n) is 5.40. The Hall–Kier alpha value is -3.29. The van der Waals surface area contributed by atoms with E-state index in [1.807, 2.05) is 6.07 Å². The molecule has 1 aromatic carbocycles. The molecule has 128 valence electrons. The zero-order valence-corrected chi connectivity index (χ0v) is 13.2. The highest BCUT2D eigenvalue weighted by atomic mass is 16.6. The minimum absolute atomic E-state index is 0.157. The summed E-state index contributed by atoms with van der Waals surface area (Å²) in [4.78, 5) is 16.4. The Morgan fingerprint density at radius 2 is 1.96 bits per heavy atom. The third kappa shape index (κ3) is 3.06. The van der Waals surface area contributed by atoms with E-state index in [9.17, 15) is 4.79 Å². The van der Waals surface area contributed by atoms with Crippen LogP contribution in [0.2, 0.25) is 0 Å². The van der Waals surface area contributed by atoms with Crippen LogP contribution in [-0.2, 0) is 16.1 Å². The molecule has 3 aromatic rings. The highest BCUT2D eigenvalue weighted by Gasteiger charge is 2.35. The minimum atomic E-state index is -0.873. The maximum absolute atomic E-state index is 12.3. The quantitative estimate of drug-likeness (QED) is 0.668. The van der Waals surface area contributed by atoms with Crippen LogP contribution in [0.5, 0.6) is 11.5 Å². The predicted molar refractivity (Wildman–Crippen MR) is 82.7 cm³/mol. The van der Waals surface area contributed by atoms with Crippen molar-refractivity contribution >= 4 is 5.97 Å². The van der Waals surface area contributed by atoms with E-state index in [0.717, 1.165) is 0 Å². The molecule has 1 aliphatic rings. The molecular weight excluding hydrogens is 328 g/mol. The number of esters is 1. The van der Waals surface area contributed by atoms with Gasteiger partial charge in [-0.3, -0.25) is 0 Å². The lowest BCUT2D eigenvalue weighted by molar-refractivity contribution is -0.159. The van der Waals surface area contributed by atoms with Crippen molar-refractivity contribution in [3.63, 3.8) is 0 Å². The van der Waals surface area contributed by atoms with Gasteiger partial charge in [-0.05, 0) is 31.2 Å². The van der Waals surface area contributed by atoms with Crippen LogP contribution in [0.4, 0.5) is 0 Å². The second kappa shape index (κ2) is 6.31. The summed E-state index contributed by atoms with van der Waals surface area (Å²) in [7, 11) is 0. The van der Waals surface area contributed by atoms with Crippen LogP contribution in [0.15, 0.2) is 51.6 Å². The first-order chi connectivity index (χ1) is 12.2. The van der Waals surface area contributed by atoms with Gasteiger partial charge < -0.3 is 23.2 Å². The summed E-state index contributed by atoms with van der Waals surface area (Å²) in [6.07, 6.45) is 0.150. The van der Waals surface area contributed by atoms with Gasteiger partial charge in [0.1, 0.15) is 6.10 Å². The molecule has 4 rings (SSSR count). The molecule has 0 unspecified atom stereocenters. The number of hydrogen-bond donors (Lipinski definition) is 0. The first-order valence-electron chi connectivity index (χ1n) is 7.66. The SMILES string of the molecule is C[C@H]1Oc2ccccc2O[C@H]1C(=O)OCc1nc(-c2ccco2)no1. The van der Waals surface area contributed by atoms with E-state index in [4.69, 9.17) is 23.2 Å². The molecule has 8 nitrogen and oxygen atoms in total. The van der Waals surface area contributed by atoms with E-state index in [-0.39, 0.29) is 18.3 Å². The van der Waals surface area contributed by atoms with Crippen molar-refractivity contribution in [2.45, 2.75) is 25.7 Å². The van der Waals surface area contributed by atoms with Crippen LogP contribution in [-0.4, -0.2) is 28.3 Å². The molecule has 0 saturated heterocycles. The van der Waals surface area contributed by atoms with E-state index >= 15 is 0 Å². The summed E-state index contributed by atoms with van der Waals surface area (Å²) < 4.78 is 26.8. The number of fused-ring (bicyclic) bond motifs is 1. The molecule has 0 aliphatic carbocycles. The fourth-order valence-corrected chi connectivity index (χ4v) is 2.41. The highest BCUT2D eigenvalue weighted by Crippen LogP contribution is 2.33. The molecule has 0 N–H and O–H groups in total. The van der Waals surface area contributed by atoms with Crippen LogP contribution in [0, 0.1) is 0 Å². The number of carbonyl (C=O) groups excluding carboxylic acids is 1. The van der Waals surface area contributed by atoms with E-state index in [1.54, 1.807) is 37.3 Å². The molecule has 0 amide bonds. The summed E-state index contributed by atoms with van der Waals surface area (Å²) in [5, 5.41) is 3.77. The number of ether oxygens (including phenoxy) is 3. The summed E-state index contributed by atoms with van der Waals surface area (Å²) in [6.45, 7) is 1.57. The molecule has 1 aliphatic heterocycles. The Bertz CT molecular complexity index is 873. The van der Waals surface area contributed by atoms with E-state index in [2.05, 4.69) is 10.1 Å². The van der Waals surface area contributed by atoms with E-state index in [0.29, 0.717) is 17.3 Å². The van der Waals surface area contributed by atoms with Gasteiger partial charge in [0.25, 0.3) is 5.89 Å². The van der Waals surface area contributed by atoms with Crippen LogP contribution >= 0.6 is 0 Å². The van der Waals surface area contributed by atoms with Gasteiger partial charge in [-0.15, -0.1) is 0 Å². The molecule has 0 saturated carbocycles. The third-order valence-corrected chi connectivity index (χ3v) is 3.62. The normalized spacial score (nSPS) is 18.8. The fraction of sp³-hybridized carbons (Fsp3) is 0.235. The van der Waals surface area contributed by atoms with Crippen LogP contribution in [0.3, 0.4) is 0 Å². The highest BCUT2D eigenvalue weighted by molar-refractivity contribution is 5.76. The Labute approximate surface area is 142 Å². The molecule has 0 bridgehead atoms. The topological polar surface area (TPSA) is 96.8 Å². The van der Waals surface area contributed by atoms with E-state index < -0.39 is 18.2 Å². The smallest absolute Gasteiger partial charge is 0.351 e. The number of aromatic nitrogens is 2. The molecule has 25 heavy (non-hydrogen) atoms. The Morgan fingerprint density at radius 3 is 2.72 bits per heavy atom. The largest absolute Gasteiger partial charge is 0.482 e. The molecule has 0 radical (unpaired) electrons. The third-order valence-electron chi connectivity index (χ3n) is 3.62. The standard InChI is InChI=1S/C17H14N2O6/c1-10-15(24-12-6-3-2-5-11(12)23-10)17(20)22-9-14-18-16(19-25-14)13-7-4-8-21-13/h2-8,10,15H,9H2,1H3/t10-,15-/m1/s1. The van der Waals surface area contributed by atoms with Crippen LogP contribution in [0.1, 0.15) is 12.8 Å². The Morgan fingerprint density at radius 1 is 1.16 bits per heavy atom. The van der Waals surface area contributed by atoms with Crippen molar-refractivity contribution in [1.82, 2.24) is 10.1 Å². The fourth-order valence-electron chi connectivity index (χ4n) is 2.41. The summed E-state index contributed by atoms with van der Waals surface area (Å²) >= 11 is 0. The van der Waals surface area contributed by atoms with Gasteiger partial charge in [-0.2, -0.15) is 4.98 Å². The summed E-state index contributed by atoms with van der Waals surface area (Å²) in [5.41, 5.74) is 0. The molecular formula is C17H14N2O6. The molecule has 0 spiro atoms. The Kier molecular flexibility index (Phi) is 3.85. The van der Waals surface area contributed by atoms with Gasteiger partial charge in [-0.1, -0.05) is 17.3 Å². The molecule has 0 fully saturated rings. The molecule has 2 aromatic heterocycles. The first kappa shape index (κ1) is 15.3. The number of rotatable bonds is 4. The monoisotopic (exact) mass is 342 g/mol. The number of nitrogens with zero attached hydrogens (tertiary/aromatic N) is 2. The van der Waals surface area contributed by atoms with Gasteiger partial charge in [-0.25, -0.2) is 4.79 Å². The molecule has 2 atom stereocenters. The lowest BCUT2D eigenvalue weighted by Crippen LogP contribution is -2.44. The van der Waals surface area contributed by atoms with Crippen molar-refractivity contribution in [3.05, 3.63) is 48.6 Å². The number of hydrogen-bond acceptors (Lipinski definition) is 8. The summed E-state index contributed by atoms with van der Waals surface area (Å²) in [6, 6.07) is 10.6. The van der Waals surface area contributed by atoms with Crippen LogP contribution in [0.25, 0.3) is 11.6 Å². The molecule has 3 heterocycles. The van der Waals surface area contributed by atoms with Gasteiger partial charge >= 0.3 is 5.97 Å². The minimum Gasteiger partial charge on any atom is -0.482 e. The van der Waals surface area contributed by atoms with Crippen molar-refractivity contribution in [1.29, 1.82) is 0 Å². The van der Waals surface area contributed by atoms with Gasteiger partial charge in [0.2, 0.25) is 11.9 Å². The van der Waals surface area contributed by atoms with Gasteiger partial charge in [0, 0.05) is 0 Å². The van der Waals surface area contributed by atoms with Gasteiger partial charge in [0.15, 0.2) is 23.9 Å². The lowest BCUT2D eigenvalue weighted by atomic mass is 10.2. The van der Waals surface area contributed by atoms with Crippen molar-refractivity contribution in [3.8, 4) is 23.1 Å². The van der Waals surface area contributed by atoms with Crippen LogP contribution < -0.4 is 9.47 Å². The average Bonchev–Trinajstić information content (AvgIpc) is 3.30. The maximum Gasteiger partial charge on any atom is 0.351 e. The number of benzene rings is 1. The number of para-hydroxylation sites is 2. The predicted octanol–water partition coefficient (Wildman–Crippen LogP) is 2.60. The number of carbonyl (C=O) groups is 1. The van der Waals surface area contributed by atoms with Crippen molar-refractivity contribution in [2.24, 2.45) is 0 Å². The van der Waals surface area contributed by atoms with E-state index in [1.165, 1.54) is 6.26 Å². The van der Waals surface area contributed by atoms with Gasteiger partial charge in [0.05, 0.1) is 6.26 Å². The zero-order valence-electron chi connectivity index (χ0n) is 13.2. The second-order valence-corrected chi connectivity index (χ2v) is 5.40. The number of furan rings is 1.